The summed E-state index contributed by atoms with van der Waals surface area (Å²) in [6, 6.07) is 11.3. The van der Waals surface area contributed by atoms with Crippen molar-refractivity contribution >= 4 is 33.1 Å². The van der Waals surface area contributed by atoms with Crippen LogP contribution in [0.1, 0.15) is 0 Å². The molecule has 0 atom stereocenters. The van der Waals surface area contributed by atoms with Crippen molar-refractivity contribution in [2.24, 2.45) is 5.14 Å². The van der Waals surface area contributed by atoms with Crippen LogP contribution in [0.2, 0.25) is 0 Å². The molecule has 0 bridgehead atoms. The average molecular weight is 364 g/mol. The summed E-state index contributed by atoms with van der Waals surface area (Å²) in [5, 5.41) is 16.3. The van der Waals surface area contributed by atoms with Gasteiger partial charge in [0.05, 0.1) is 9.82 Å². The molecule has 0 saturated carbocycles. The Morgan fingerprint density at radius 2 is 1.68 bits per heavy atom. The third kappa shape index (κ3) is 3.92. The fourth-order valence-electron chi connectivity index (χ4n) is 2.20. The second kappa shape index (κ2) is 6.87. The van der Waals surface area contributed by atoms with Gasteiger partial charge in [-0.3, -0.25) is 19.9 Å². The number of nitro groups is 1. The van der Waals surface area contributed by atoms with Crippen LogP contribution < -0.4 is 14.9 Å². The highest BCUT2D eigenvalue weighted by molar-refractivity contribution is 7.89. The molecule has 0 aliphatic carbocycles. The van der Waals surface area contributed by atoms with Crippen LogP contribution in [0.4, 0.5) is 21.9 Å². The lowest BCUT2D eigenvalue weighted by Gasteiger charge is -2.25. The zero-order valence-electron chi connectivity index (χ0n) is 13.5. The SMILES string of the molecule is CN(C(=O)N(C)c1ccc(S(N)(=O)=O)cc1[N+](=O)[O-])c1ccccc1. The summed E-state index contributed by atoms with van der Waals surface area (Å²) < 4.78 is 22.8. The van der Waals surface area contributed by atoms with E-state index in [1.807, 2.05) is 0 Å². The van der Waals surface area contributed by atoms with Gasteiger partial charge in [-0.2, -0.15) is 0 Å². The Labute approximate surface area is 144 Å². The third-order valence-corrected chi connectivity index (χ3v) is 4.46. The fraction of sp³-hybridized carbons (Fsp3) is 0.133. The number of nitro benzene ring substituents is 1. The molecule has 2 aromatic carbocycles. The molecule has 2 amide bonds. The predicted octanol–water partition coefficient (Wildman–Crippen LogP) is 1.93. The molecule has 0 fully saturated rings. The molecule has 0 unspecified atom stereocenters. The lowest BCUT2D eigenvalue weighted by atomic mass is 10.2. The Bertz CT molecular complexity index is 915. The number of rotatable bonds is 4. The van der Waals surface area contributed by atoms with Crippen molar-refractivity contribution in [3.8, 4) is 0 Å². The molecule has 132 valence electrons. The number of carbonyl (C=O) groups is 1. The maximum atomic E-state index is 12.6. The Morgan fingerprint density at radius 1 is 1.08 bits per heavy atom. The van der Waals surface area contributed by atoms with E-state index in [0.717, 1.165) is 17.0 Å². The summed E-state index contributed by atoms with van der Waals surface area (Å²) in [7, 11) is -1.21. The number of anilines is 2. The Balaban J connectivity index is 2.43. The van der Waals surface area contributed by atoms with Crippen LogP contribution in [0.5, 0.6) is 0 Å². The zero-order chi connectivity index (χ0) is 18.8. The van der Waals surface area contributed by atoms with Crippen molar-refractivity contribution in [2.45, 2.75) is 4.90 Å². The van der Waals surface area contributed by atoms with Gasteiger partial charge in [0.2, 0.25) is 10.0 Å². The van der Waals surface area contributed by atoms with Gasteiger partial charge in [0, 0.05) is 25.8 Å². The molecule has 0 heterocycles. The molecule has 9 nitrogen and oxygen atoms in total. The average Bonchev–Trinajstić information content (AvgIpc) is 2.59. The number of benzene rings is 2. The number of sulfonamides is 1. The second-order valence-electron chi connectivity index (χ2n) is 5.19. The first-order valence-electron chi connectivity index (χ1n) is 7.00. The number of nitrogens with two attached hydrogens (primary N) is 1. The largest absolute Gasteiger partial charge is 0.328 e. The van der Waals surface area contributed by atoms with Crippen LogP contribution >= 0.6 is 0 Å². The summed E-state index contributed by atoms with van der Waals surface area (Å²) >= 11 is 0. The number of carbonyl (C=O) groups excluding carboxylic acids is 1. The lowest BCUT2D eigenvalue weighted by Crippen LogP contribution is -2.39. The van der Waals surface area contributed by atoms with Gasteiger partial charge < -0.3 is 0 Å². The molecule has 0 aliphatic rings. The van der Waals surface area contributed by atoms with E-state index in [4.69, 9.17) is 5.14 Å². The van der Waals surface area contributed by atoms with Crippen molar-refractivity contribution in [1.82, 2.24) is 0 Å². The van der Waals surface area contributed by atoms with Crippen LogP contribution in [0.15, 0.2) is 53.4 Å². The number of primary sulfonamides is 1. The number of amides is 2. The zero-order valence-corrected chi connectivity index (χ0v) is 14.3. The number of para-hydroxylation sites is 1. The minimum atomic E-state index is -4.10. The Hall–Kier alpha value is -2.98. The first-order valence-corrected chi connectivity index (χ1v) is 8.55. The van der Waals surface area contributed by atoms with E-state index in [2.05, 4.69) is 0 Å². The van der Waals surface area contributed by atoms with Crippen LogP contribution in [0.3, 0.4) is 0 Å². The number of nitrogens with zero attached hydrogens (tertiary/aromatic N) is 3. The first-order chi connectivity index (χ1) is 11.6. The number of hydrogen-bond acceptors (Lipinski definition) is 5. The normalized spacial score (nSPS) is 11.0. The molecule has 2 aromatic rings. The summed E-state index contributed by atoms with van der Waals surface area (Å²) in [6.07, 6.45) is 0. The molecule has 2 rings (SSSR count). The monoisotopic (exact) mass is 364 g/mol. The van der Waals surface area contributed by atoms with Gasteiger partial charge in [0.25, 0.3) is 5.69 Å². The summed E-state index contributed by atoms with van der Waals surface area (Å²) in [4.78, 5) is 25.1. The van der Waals surface area contributed by atoms with Crippen molar-refractivity contribution < 1.29 is 18.1 Å². The minimum Gasteiger partial charge on any atom is -0.297 e. The van der Waals surface area contributed by atoms with Gasteiger partial charge in [-0.15, -0.1) is 0 Å². The van der Waals surface area contributed by atoms with Crippen LogP contribution in [0.25, 0.3) is 0 Å². The molecule has 2 N–H and O–H groups in total. The highest BCUT2D eigenvalue weighted by Gasteiger charge is 2.26. The molecule has 0 aliphatic heterocycles. The van der Waals surface area contributed by atoms with E-state index < -0.39 is 31.6 Å². The molecule has 25 heavy (non-hydrogen) atoms. The third-order valence-electron chi connectivity index (χ3n) is 3.55. The smallest absolute Gasteiger partial charge is 0.297 e. The van der Waals surface area contributed by atoms with Crippen molar-refractivity contribution in [3.63, 3.8) is 0 Å². The van der Waals surface area contributed by atoms with Gasteiger partial charge in [0.15, 0.2) is 0 Å². The lowest BCUT2D eigenvalue weighted by molar-refractivity contribution is -0.384. The van der Waals surface area contributed by atoms with E-state index >= 15 is 0 Å². The van der Waals surface area contributed by atoms with Crippen molar-refractivity contribution in [1.29, 1.82) is 0 Å². The van der Waals surface area contributed by atoms with Gasteiger partial charge >= 0.3 is 6.03 Å². The highest BCUT2D eigenvalue weighted by Crippen LogP contribution is 2.30. The van der Waals surface area contributed by atoms with Crippen molar-refractivity contribution in [2.75, 3.05) is 23.9 Å². The van der Waals surface area contributed by atoms with E-state index in [1.165, 1.54) is 25.1 Å². The molecule has 0 spiro atoms. The van der Waals surface area contributed by atoms with E-state index in [0.29, 0.717) is 5.69 Å². The molecule has 10 heteroatoms. The topological polar surface area (TPSA) is 127 Å². The summed E-state index contributed by atoms with van der Waals surface area (Å²) in [5.41, 5.74) is 0.0113. The quantitative estimate of drug-likeness (QED) is 0.655. The molecular formula is C15H16N4O5S. The minimum absolute atomic E-state index is 0.0508. The van der Waals surface area contributed by atoms with Gasteiger partial charge in [-0.1, -0.05) is 18.2 Å². The second-order valence-corrected chi connectivity index (χ2v) is 6.75. The van der Waals surface area contributed by atoms with Crippen molar-refractivity contribution in [3.05, 3.63) is 58.6 Å². The standard InChI is InChI=1S/C15H16N4O5S/c1-17(11-6-4-3-5-7-11)15(20)18(2)13-9-8-12(25(16,23)24)10-14(13)19(21)22/h3-10H,1-2H3,(H2,16,23,24). The summed E-state index contributed by atoms with van der Waals surface area (Å²) in [6.45, 7) is 0. The van der Waals surface area contributed by atoms with Crippen LogP contribution in [-0.2, 0) is 10.0 Å². The number of urea groups is 1. The molecule has 0 aromatic heterocycles. The van der Waals surface area contributed by atoms with Crippen LogP contribution in [0, 0.1) is 10.1 Å². The molecular weight excluding hydrogens is 348 g/mol. The molecule has 0 saturated heterocycles. The number of hydrogen-bond donors (Lipinski definition) is 1. The summed E-state index contributed by atoms with van der Waals surface area (Å²) in [5.74, 6) is 0. The molecule has 0 radical (unpaired) electrons. The van der Waals surface area contributed by atoms with E-state index in [9.17, 15) is 23.3 Å². The maximum absolute atomic E-state index is 12.6. The predicted molar refractivity (Wildman–Crippen MR) is 93.1 cm³/mol. The Morgan fingerprint density at radius 3 is 2.20 bits per heavy atom. The van der Waals surface area contributed by atoms with Gasteiger partial charge in [-0.05, 0) is 24.3 Å². The van der Waals surface area contributed by atoms with Crippen LogP contribution in [-0.4, -0.2) is 33.5 Å². The van der Waals surface area contributed by atoms with Gasteiger partial charge in [0.1, 0.15) is 5.69 Å². The first kappa shape index (κ1) is 18.4. The Kier molecular flexibility index (Phi) is 5.04. The maximum Gasteiger partial charge on any atom is 0.328 e. The van der Waals surface area contributed by atoms with E-state index in [-0.39, 0.29) is 5.69 Å². The highest BCUT2D eigenvalue weighted by atomic mass is 32.2. The fourth-order valence-corrected chi connectivity index (χ4v) is 2.73. The van der Waals surface area contributed by atoms with Gasteiger partial charge in [-0.25, -0.2) is 18.4 Å². The van der Waals surface area contributed by atoms with E-state index in [1.54, 1.807) is 30.3 Å².